The normalized spacial score (nSPS) is 12.1. The highest BCUT2D eigenvalue weighted by molar-refractivity contribution is 7.92. The van der Waals surface area contributed by atoms with Gasteiger partial charge in [-0.1, -0.05) is 46.7 Å². The Morgan fingerprint density at radius 3 is 2.03 bits per heavy atom. The number of H-pyrrole nitrogens is 1. The van der Waals surface area contributed by atoms with E-state index in [0.29, 0.717) is 26.9 Å². The summed E-state index contributed by atoms with van der Waals surface area (Å²) in [4.78, 5) is 2.94. The Bertz CT molecular complexity index is 1480. The molecule has 0 atom stereocenters. The molecule has 0 fully saturated rings. The maximum absolute atomic E-state index is 13.0. The minimum Gasteiger partial charge on any atom is -0.366 e. The van der Waals surface area contributed by atoms with Gasteiger partial charge in [-0.25, -0.2) is 16.8 Å². The van der Waals surface area contributed by atoms with Crippen molar-refractivity contribution in [1.82, 2.24) is 15.2 Å². The monoisotopic (exact) mass is 542 g/mol. The number of hydrogen-bond donors (Lipinski definition) is 2. The topological polar surface area (TPSA) is 122 Å². The van der Waals surface area contributed by atoms with Crippen LogP contribution < -0.4 is 4.72 Å². The number of sulfonamides is 1. The minimum absolute atomic E-state index is 0.110. The van der Waals surface area contributed by atoms with E-state index in [0.717, 1.165) is 11.3 Å². The van der Waals surface area contributed by atoms with Gasteiger partial charge >= 0.3 is 0 Å². The van der Waals surface area contributed by atoms with Crippen LogP contribution >= 0.6 is 34.5 Å². The van der Waals surface area contributed by atoms with Gasteiger partial charge in [0.05, 0.1) is 4.90 Å². The van der Waals surface area contributed by atoms with Crippen molar-refractivity contribution in [2.75, 3.05) is 4.72 Å². The van der Waals surface area contributed by atoms with Crippen LogP contribution in [0.3, 0.4) is 0 Å². The Morgan fingerprint density at radius 1 is 0.818 bits per heavy atom. The van der Waals surface area contributed by atoms with E-state index in [1.807, 2.05) is 0 Å². The zero-order chi connectivity index (χ0) is 23.6. The Balaban J connectivity index is 1.49. The number of halogens is 2. The predicted octanol–water partition coefficient (Wildman–Crippen LogP) is 4.76. The fraction of sp³-hybridized carbons (Fsp3) is 0.100. The number of aromatic nitrogens is 3. The van der Waals surface area contributed by atoms with Gasteiger partial charge in [-0.15, -0.1) is 10.2 Å². The molecule has 0 aliphatic carbocycles. The van der Waals surface area contributed by atoms with Crippen molar-refractivity contribution < 1.29 is 16.8 Å². The molecule has 8 nitrogen and oxygen atoms in total. The number of rotatable bonds is 8. The van der Waals surface area contributed by atoms with Crippen molar-refractivity contribution in [2.45, 2.75) is 16.4 Å². The summed E-state index contributed by atoms with van der Waals surface area (Å²) >= 11 is 12.7. The molecule has 0 unspecified atom stereocenters. The Hall–Kier alpha value is -2.44. The third-order valence-corrected chi connectivity index (χ3v) is 9.11. The molecular weight excluding hydrogens is 527 g/mol. The van der Waals surface area contributed by atoms with Gasteiger partial charge in [-0.05, 0) is 42.0 Å². The molecule has 2 aromatic carbocycles. The van der Waals surface area contributed by atoms with Crippen LogP contribution in [0.25, 0.3) is 11.1 Å². The SMILES string of the molecule is O=S(=O)(Cc1nnc(CS(=O)(=O)c2c[nH]cc2-c2ccc(Cl)cc2)s1)Nc1ccc(Cl)cc1. The second-order valence-corrected chi connectivity index (χ2v) is 12.7. The van der Waals surface area contributed by atoms with Crippen LogP contribution in [0.1, 0.15) is 10.0 Å². The number of sulfone groups is 1. The molecule has 0 aliphatic heterocycles. The fourth-order valence-corrected chi connectivity index (χ4v) is 7.34. The average molecular weight is 543 g/mol. The summed E-state index contributed by atoms with van der Waals surface area (Å²) < 4.78 is 53.3. The first-order valence-electron chi connectivity index (χ1n) is 9.34. The molecule has 2 aromatic heterocycles. The van der Waals surface area contributed by atoms with E-state index in [1.54, 1.807) is 42.6 Å². The quantitative estimate of drug-likeness (QED) is 0.331. The standard InChI is InChI=1S/C20H16Cl2N4O4S3/c21-14-3-1-13(2-4-14)17-9-23-10-18(17)32(27,28)11-19-24-25-20(31-19)12-33(29,30)26-16-7-5-15(22)6-8-16/h1-10,23,26H,11-12H2. The summed E-state index contributed by atoms with van der Waals surface area (Å²) in [7, 11) is -7.55. The van der Waals surface area contributed by atoms with E-state index in [2.05, 4.69) is 19.9 Å². The maximum atomic E-state index is 13.0. The number of anilines is 1. The van der Waals surface area contributed by atoms with Crippen molar-refractivity contribution in [2.24, 2.45) is 0 Å². The minimum atomic E-state index is -3.78. The van der Waals surface area contributed by atoms with Gasteiger partial charge < -0.3 is 4.98 Å². The molecule has 33 heavy (non-hydrogen) atoms. The first-order chi connectivity index (χ1) is 15.6. The molecule has 2 heterocycles. The summed E-state index contributed by atoms with van der Waals surface area (Å²) in [6, 6.07) is 13.0. The zero-order valence-electron chi connectivity index (χ0n) is 16.7. The van der Waals surface area contributed by atoms with Crippen LogP contribution in [0.4, 0.5) is 5.69 Å². The third kappa shape index (κ3) is 5.92. The van der Waals surface area contributed by atoms with E-state index in [9.17, 15) is 16.8 Å². The molecular formula is C20H16Cl2N4O4S3. The van der Waals surface area contributed by atoms with Crippen molar-refractivity contribution in [1.29, 1.82) is 0 Å². The highest BCUT2D eigenvalue weighted by Gasteiger charge is 2.24. The summed E-state index contributed by atoms with van der Waals surface area (Å²) in [6.07, 6.45) is 3.00. The molecule has 13 heteroatoms. The van der Waals surface area contributed by atoms with Gasteiger partial charge in [0.15, 0.2) is 9.84 Å². The zero-order valence-corrected chi connectivity index (χ0v) is 20.7. The maximum Gasteiger partial charge on any atom is 0.239 e. The van der Waals surface area contributed by atoms with Crippen molar-refractivity contribution >= 4 is 60.1 Å². The lowest BCUT2D eigenvalue weighted by atomic mass is 10.1. The predicted molar refractivity (Wildman–Crippen MR) is 130 cm³/mol. The smallest absolute Gasteiger partial charge is 0.239 e. The van der Waals surface area contributed by atoms with Gasteiger partial charge in [0, 0.05) is 33.7 Å². The van der Waals surface area contributed by atoms with Gasteiger partial charge in [-0.2, -0.15) is 0 Å². The van der Waals surface area contributed by atoms with Gasteiger partial charge in [0.2, 0.25) is 10.0 Å². The van der Waals surface area contributed by atoms with E-state index in [1.165, 1.54) is 18.3 Å². The summed E-state index contributed by atoms with van der Waals surface area (Å²) in [5.74, 6) is -0.846. The third-order valence-electron chi connectivity index (χ3n) is 4.45. The number of nitrogens with one attached hydrogen (secondary N) is 2. The Kier molecular flexibility index (Phi) is 6.78. The van der Waals surface area contributed by atoms with E-state index in [-0.39, 0.29) is 14.9 Å². The second-order valence-electron chi connectivity index (χ2n) is 6.96. The Labute approximate surface area is 204 Å². The van der Waals surface area contributed by atoms with Crippen molar-refractivity contribution in [3.8, 4) is 11.1 Å². The molecule has 0 bridgehead atoms. The van der Waals surface area contributed by atoms with Crippen molar-refractivity contribution in [3.63, 3.8) is 0 Å². The number of benzene rings is 2. The van der Waals surface area contributed by atoms with Crippen LogP contribution in [-0.4, -0.2) is 32.0 Å². The average Bonchev–Trinajstić information content (AvgIpc) is 3.40. The number of nitrogens with zero attached hydrogens (tertiary/aromatic N) is 2. The molecule has 4 rings (SSSR count). The van der Waals surface area contributed by atoms with Crippen LogP contribution in [-0.2, 0) is 31.4 Å². The summed E-state index contributed by atoms with van der Waals surface area (Å²) in [5, 5.41) is 9.12. The van der Waals surface area contributed by atoms with Gasteiger partial charge in [0.25, 0.3) is 0 Å². The highest BCUT2D eigenvalue weighted by Crippen LogP contribution is 2.31. The van der Waals surface area contributed by atoms with E-state index >= 15 is 0 Å². The molecule has 4 aromatic rings. The summed E-state index contributed by atoms with van der Waals surface area (Å²) in [6.45, 7) is 0. The number of hydrogen-bond acceptors (Lipinski definition) is 7. The van der Waals surface area contributed by atoms with Crippen LogP contribution in [0.2, 0.25) is 10.0 Å². The van der Waals surface area contributed by atoms with Crippen LogP contribution in [0.5, 0.6) is 0 Å². The molecule has 0 saturated heterocycles. The number of aromatic amines is 1. The molecule has 2 N–H and O–H groups in total. The second kappa shape index (κ2) is 9.43. The molecule has 172 valence electrons. The van der Waals surface area contributed by atoms with Crippen LogP contribution in [0, 0.1) is 0 Å². The molecule has 0 aliphatic rings. The fourth-order valence-electron chi connectivity index (χ4n) is 3.00. The first kappa shape index (κ1) is 23.7. The van der Waals surface area contributed by atoms with Gasteiger partial charge in [0.1, 0.15) is 21.5 Å². The summed E-state index contributed by atoms with van der Waals surface area (Å²) in [5.41, 5.74) is 1.55. The molecule has 0 spiro atoms. The largest absolute Gasteiger partial charge is 0.366 e. The molecule has 0 saturated carbocycles. The van der Waals surface area contributed by atoms with E-state index < -0.39 is 31.4 Å². The highest BCUT2D eigenvalue weighted by atomic mass is 35.5. The van der Waals surface area contributed by atoms with Crippen LogP contribution in [0.15, 0.2) is 65.8 Å². The Morgan fingerprint density at radius 2 is 1.39 bits per heavy atom. The van der Waals surface area contributed by atoms with Crippen molar-refractivity contribution in [3.05, 3.63) is 81.0 Å². The first-order valence-corrected chi connectivity index (χ1v) is 14.2. The van der Waals surface area contributed by atoms with E-state index in [4.69, 9.17) is 23.2 Å². The van der Waals surface area contributed by atoms with Gasteiger partial charge in [-0.3, -0.25) is 4.72 Å². The molecule has 0 radical (unpaired) electrons. The molecule has 0 amide bonds. The lowest BCUT2D eigenvalue weighted by molar-refractivity contribution is 0.594. The lowest BCUT2D eigenvalue weighted by Gasteiger charge is -2.06. The lowest BCUT2D eigenvalue weighted by Crippen LogP contribution is -2.14.